The molecular formula is C23H30N2O3S. The molecule has 0 aromatic heterocycles. The molecule has 3 rings (SSSR count). The highest BCUT2D eigenvalue weighted by Gasteiger charge is 2.30. The molecule has 0 bridgehead atoms. The number of benzene rings is 2. The molecule has 156 valence electrons. The molecular weight excluding hydrogens is 384 g/mol. The largest absolute Gasteiger partial charge is 0.508 e. The summed E-state index contributed by atoms with van der Waals surface area (Å²) >= 11 is 0. The van der Waals surface area contributed by atoms with E-state index in [0.717, 1.165) is 36.4 Å². The van der Waals surface area contributed by atoms with Gasteiger partial charge in [0.1, 0.15) is 5.75 Å². The molecule has 29 heavy (non-hydrogen) atoms. The maximum Gasteiger partial charge on any atom is 0.175 e. The molecule has 1 N–H and O–H groups in total. The van der Waals surface area contributed by atoms with Crippen molar-refractivity contribution in [2.24, 2.45) is 0 Å². The fourth-order valence-electron chi connectivity index (χ4n) is 4.03. The van der Waals surface area contributed by atoms with Crippen LogP contribution in [0.4, 0.5) is 5.69 Å². The Kier molecular flexibility index (Phi) is 6.34. The van der Waals surface area contributed by atoms with Crippen LogP contribution in [-0.2, 0) is 16.3 Å². The van der Waals surface area contributed by atoms with Crippen molar-refractivity contribution in [1.82, 2.24) is 4.90 Å². The highest BCUT2D eigenvalue weighted by atomic mass is 32.2. The summed E-state index contributed by atoms with van der Waals surface area (Å²) < 4.78 is 24.4. The quantitative estimate of drug-likeness (QED) is 0.734. The van der Waals surface area contributed by atoms with Gasteiger partial charge in [0.2, 0.25) is 0 Å². The normalized spacial score (nSPS) is 20.6. The second-order valence-electron chi connectivity index (χ2n) is 8.00. The average Bonchev–Trinajstić information content (AvgIpc) is 2.64. The second kappa shape index (κ2) is 8.59. The van der Waals surface area contributed by atoms with E-state index in [2.05, 4.69) is 30.2 Å². The predicted molar refractivity (Wildman–Crippen MR) is 119 cm³/mol. The number of sulfone groups is 1. The van der Waals surface area contributed by atoms with Crippen molar-refractivity contribution in [3.8, 4) is 5.75 Å². The predicted octanol–water partition coefficient (Wildman–Crippen LogP) is 3.47. The van der Waals surface area contributed by atoms with E-state index in [9.17, 15) is 13.5 Å². The molecule has 2 aromatic rings. The molecule has 0 aliphatic carbocycles. The fourth-order valence-corrected chi connectivity index (χ4v) is 4.67. The van der Waals surface area contributed by atoms with Gasteiger partial charge in [0.15, 0.2) is 9.84 Å². The van der Waals surface area contributed by atoms with Crippen LogP contribution < -0.4 is 4.90 Å². The molecule has 1 heterocycles. The van der Waals surface area contributed by atoms with E-state index in [4.69, 9.17) is 0 Å². The highest BCUT2D eigenvalue weighted by Crippen LogP contribution is 2.31. The van der Waals surface area contributed by atoms with E-state index in [-0.39, 0.29) is 11.8 Å². The molecule has 1 aliphatic heterocycles. The molecule has 5 nitrogen and oxygen atoms in total. The summed E-state index contributed by atoms with van der Waals surface area (Å²) in [6.45, 7) is 10.8. The van der Waals surface area contributed by atoms with Crippen LogP contribution >= 0.6 is 0 Å². The summed E-state index contributed by atoms with van der Waals surface area (Å²) in [6.07, 6.45) is 3.80. The van der Waals surface area contributed by atoms with Gasteiger partial charge in [-0.15, -0.1) is 6.58 Å². The van der Waals surface area contributed by atoms with Gasteiger partial charge in [-0.2, -0.15) is 0 Å². The first-order chi connectivity index (χ1) is 13.7. The number of aromatic hydroxyl groups is 1. The van der Waals surface area contributed by atoms with Gasteiger partial charge in [-0.1, -0.05) is 24.3 Å². The lowest BCUT2D eigenvalue weighted by Gasteiger charge is -2.45. The number of phenolic OH excluding ortho intramolecular Hbond substituents is 1. The third-order valence-electron chi connectivity index (χ3n) is 5.58. The minimum absolute atomic E-state index is 0.233. The van der Waals surface area contributed by atoms with Gasteiger partial charge in [0.05, 0.1) is 4.90 Å². The molecule has 2 atom stereocenters. The van der Waals surface area contributed by atoms with Crippen molar-refractivity contribution in [1.29, 1.82) is 0 Å². The van der Waals surface area contributed by atoms with Gasteiger partial charge >= 0.3 is 0 Å². The number of anilines is 1. The van der Waals surface area contributed by atoms with Crippen molar-refractivity contribution in [2.45, 2.75) is 37.2 Å². The molecule has 0 spiro atoms. The Balaban J connectivity index is 2.01. The van der Waals surface area contributed by atoms with Gasteiger partial charge in [0, 0.05) is 43.7 Å². The zero-order valence-corrected chi connectivity index (χ0v) is 18.2. The number of piperazine rings is 1. The van der Waals surface area contributed by atoms with Gasteiger partial charge in [-0.25, -0.2) is 8.42 Å². The Bertz CT molecular complexity index is 987. The Morgan fingerprint density at radius 2 is 1.90 bits per heavy atom. The Hall–Kier alpha value is -2.31. The monoisotopic (exact) mass is 414 g/mol. The van der Waals surface area contributed by atoms with Crippen LogP contribution in [0.2, 0.25) is 0 Å². The number of rotatable bonds is 6. The molecule has 0 saturated carbocycles. The lowest BCUT2D eigenvalue weighted by molar-refractivity contribution is 0.184. The molecule has 2 aromatic carbocycles. The number of phenols is 1. The first kappa shape index (κ1) is 21.4. The molecule has 1 aliphatic rings. The Morgan fingerprint density at radius 3 is 2.55 bits per heavy atom. The Labute approximate surface area is 174 Å². The molecule has 0 radical (unpaired) electrons. The van der Waals surface area contributed by atoms with Crippen molar-refractivity contribution in [3.05, 3.63) is 66.2 Å². The SMILES string of the molecule is C=CCN1CC(C)N(c2cc(S(C)(=O)=O)ccc2Cc2cccc(O)c2)CC1C. The number of hydrogen-bond donors (Lipinski definition) is 1. The number of hydrogen-bond acceptors (Lipinski definition) is 5. The van der Waals surface area contributed by atoms with Gasteiger partial charge in [0.25, 0.3) is 0 Å². The smallest absolute Gasteiger partial charge is 0.175 e. The summed E-state index contributed by atoms with van der Waals surface area (Å²) in [4.78, 5) is 5.04. The van der Waals surface area contributed by atoms with Gasteiger partial charge in [-0.05, 0) is 55.7 Å². The standard InChI is InChI=1S/C23H30N2O3S/c1-5-11-24-15-18(3)25(16-17(24)2)23-14-22(29(4,27)28)10-9-20(23)12-19-7-6-8-21(26)13-19/h5-10,13-14,17-18,26H,1,11-12,15-16H2,2-4H3. The van der Waals surface area contributed by atoms with E-state index in [1.54, 1.807) is 24.3 Å². The zero-order chi connectivity index (χ0) is 21.2. The van der Waals surface area contributed by atoms with E-state index < -0.39 is 9.84 Å². The van der Waals surface area contributed by atoms with E-state index >= 15 is 0 Å². The summed E-state index contributed by atoms with van der Waals surface area (Å²) in [5.74, 6) is 0.233. The molecule has 2 unspecified atom stereocenters. The van der Waals surface area contributed by atoms with Gasteiger partial charge in [-0.3, -0.25) is 4.90 Å². The van der Waals surface area contributed by atoms with E-state index in [1.807, 2.05) is 24.3 Å². The van der Waals surface area contributed by atoms with Crippen LogP contribution in [0, 0.1) is 0 Å². The van der Waals surface area contributed by atoms with Crippen LogP contribution in [0.25, 0.3) is 0 Å². The minimum Gasteiger partial charge on any atom is -0.508 e. The van der Waals surface area contributed by atoms with E-state index in [0.29, 0.717) is 17.4 Å². The molecule has 1 saturated heterocycles. The molecule has 0 amide bonds. The van der Waals surface area contributed by atoms with Crippen LogP contribution in [0.1, 0.15) is 25.0 Å². The zero-order valence-electron chi connectivity index (χ0n) is 17.4. The summed E-state index contributed by atoms with van der Waals surface area (Å²) in [5, 5.41) is 9.81. The van der Waals surface area contributed by atoms with Crippen LogP contribution in [0.5, 0.6) is 5.75 Å². The topological polar surface area (TPSA) is 60.9 Å². The fraction of sp³-hybridized carbons (Fsp3) is 0.391. The van der Waals surface area contributed by atoms with Crippen LogP contribution in [-0.4, -0.2) is 56.4 Å². The third-order valence-corrected chi connectivity index (χ3v) is 6.69. The summed E-state index contributed by atoms with van der Waals surface area (Å²) in [6, 6.07) is 13.2. The highest BCUT2D eigenvalue weighted by molar-refractivity contribution is 7.90. The van der Waals surface area contributed by atoms with Crippen LogP contribution in [0.3, 0.4) is 0 Å². The van der Waals surface area contributed by atoms with Crippen molar-refractivity contribution < 1.29 is 13.5 Å². The van der Waals surface area contributed by atoms with Crippen molar-refractivity contribution >= 4 is 15.5 Å². The van der Waals surface area contributed by atoms with Crippen molar-refractivity contribution in [3.63, 3.8) is 0 Å². The van der Waals surface area contributed by atoms with Crippen molar-refractivity contribution in [2.75, 3.05) is 30.8 Å². The summed E-state index contributed by atoms with van der Waals surface area (Å²) in [7, 11) is -3.30. The van der Waals surface area contributed by atoms with E-state index in [1.165, 1.54) is 6.26 Å². The minimum atomic E-state index is -3.30. The molecule has 1 fully saturated rings. The number of nitrogens with zero attached hydrogens (tertiary/aromatic N) is 2. The first-order valence-corrected chi connectivity index (χ1v) is 11.8. The Morgan fingerprint density at radius 1 is 1.14 bits per heavy atom. The average molecular weight is 415 g/mol. The van der Waals surface area contributed by atoms with Crippen LogP contribution in [0.15, 0.2) is 60.0 Å². The second-order valence-corrected chi connectivity index (χ2v) is 10.0. The lowest BCUT2D eigenvalue weighted by Crippen LogP contribution is -2.56. The van der Waals surface area contributed by atoms with Gasteiger partial charge < -0.3 is 10.0 Å². The maximum absolute atomic E-state index is 12.2. The first-order valence-electron chi connectivity index (χ1n) is 9.91. The lowest BCUT2D eigenvalue weighted by atomic mass is 9.99. The third kappa shape index (κ3) is 5.00. The maximum atomic E-state index is 12.2. The summed E-state index contributed by atoms with van der Waals surface area (Å²) in [5.41, 5.74) is 3.00. The molecule has 6 heteroatoms.